The maximum Gasteiger partial charge on any atom is 0.333 e. The summed E-state index contributed by atoms with van der Waals surface area (Å²) in [5.41, 5.74) is 3.27. The van der Waals surface area contributed by atoms with Crippen LogP contribution in [-0.4, -0.2) is 44.5 Å². The van der Waals surface area contributed by atoms with Gasteiger partial charge in [0.1, 0.15) is 5.75 Å². The second kappa shape index (κ2) is 6.60. The molecular weight excluding hydrogens is 270 g/mol. The molecule has 0 aromatic heterocycles. The van der Waals surface area contributed by atoms with E-state index in [-0.39, 0.29) is 6.03 Å². The average molecular weight is 286 g/mol. The topological polar surface area (TPSA) is 62.8 Å². The van der Waals surface area contributed by atoms with E-state index in [1.54, 1.807) is 23.2 Å². The maximum absolute atomic E-state index is 11.9. The molecule has 104 valence electrons. The Morgan fingerprint density at radius 3 is 2.84 bits per heavy atom. The van der Waals surface area contributed by atoms with E-state index in [4.69, 9.17) is 21.1 Å². The molecule has 2 rings (SSSR count). The first-order valence-corrected chi connectivity index (χ1v) is 6.30. The molecule has 0 aliphatic carbocycles. The van der Waals surface area contributed by atoms with Crippen LogP contribution in [0.2, 0.25) is 5.02 Å². The monoisotopic (exact) mass is 285 g/mol. The Hall–Kier alpha value is -1.50. The largest absolute Gasteiger partial charge is 0.495 e. The van der Waals surface area contributed by atoms with Crippen LogP contribution in [0.3, 0.4) is 0 Å². The zero-order valence-electron chi connectivity index (χ0n) is 10.6. The molecule has 1 heterocycles. The van der Waals surface area contributed by atoms with Crippen LogP contribution in [0.1, 0.15) is 0 Å². The van der Waals surface area contributed by atoms with Crippen LogP contribution in [0, 0.1) is 0 Å². The van der Waals surface area contributed by atoms with Crippen LogP contribution in [0.25, 0.3) is 0 Å². The molecule has 1 fully saturated rings. The second-order valence-electron chi connectivity index (χ2n) is 4.01. The number of hydrogen-bond donors (Lipinski definition) is 2. The fraction of sp³-hybridized carbons (Fsp3) is 0.417. The van der Waals surface area contributed by atoms with Gasteiger partial charge in [0.05, 0.1) is 26.0 Å². The molecule has 0 saturated carbocycles. The zero-order valence-corrected chi connectivity index (χ0v) is 11.4. The molecule has 0 radical (unpaired) electrons. The van der Waals surface area contributed by atoms with Crippen LogP contribution in [0.15, 0.2) is 18.2 Å². The fourth-order valence-corrected chi connectivity index (χ4v) is 1.92. The predicted octanol–water partition coefficient (Wildman–Crippen LogP) is 1.72. The van der Waals surface area contributed by atoms with Crippen molar-refractivity contribution in [2.75, 3.05) is 38.7 Å². The summed E-state index contributed by atoms with van der Waals surface area (Å²) < 4.78 is 10.4. The number of rotatable bonds is 3. The number of methoxy groups -OCH3 is 1. The minimum absolute atomic E-state index is 0.331. The number of amides is 2. The normalized spacial score (nSPS) is 15.9. The maximum atomic E-state index is 11.9. The number of carbonyl (C=O) groups excluding carboxylic acids is 1. The predicted molar refractivity (Wildman–Crippen MR) is 72.6 cm³/mol. The summed E-state index contributed by atoms with van der Waals surface area (Å²) in [5, 5.41) is 5.04. The molecule has 0 atom stereocenters. The number of nitrogens with zero attached hydrogens (tertiary/aromatic N) is 1. The Morgan fingerprint density at radius 1 is 1.42 bits per heavy atom. The third-order valence-corrected chi connectivity index (χ3v) is 2.92. The highest BCUT2D eigenvalue weighted by Gasteiger charge is 2.14. The van der Waals surface area contributed by atoms with E-state index in [9.17, 15) is 4.79 Å². The van der Waals surface area contributed by atoms with Crippen LogP contribution >= 0.6 is 11.6 Å². The summed E-state index contributed by atoms with van der Waals surface area (Å²) >= 11 is 5.89. The molecule has 0 spiro atoms. The molecule has 19 heavy (non-hydrogen) atoms. The van der Waals surface area contributed by atoms with Crippen molar-refractivity contribution in [3.63, 3.8) is 0 Å². The SMILES string of the molecule is COc1ccc(Cl)cc1NC(=O)NN1CCOCC1. The van der Waals surface area contributed by atoms with Gasteiger partial charge in [-0.3, -0.25) is 5.43 Å². The van der Waals surface area contributed by atoms with Gasteiger partial charge in [-0.1, -0.05) is 11.6 Å². The summed E-state index contributed by atoms with van der Waals surface area (Å²) in [7, 11) is 1.54. The molecule has 1 aromatic carbocycles. The lowest BCUT2D eigenvalue weighted by Gasteiger charge is -2.27. The zero-order chi connectivity index (χ0) is 13.7. The van der Waals surface area contributed by atoms with Gasteiger partial charge in [-0.2, -0.15) is 0 Å². The Kier molecular flexibility index (Phi) is 4.84. The van der Waals surface area contributed by atoms with Gasteiger partial charge in [-0.25, -0.2) is 9.80 Å². The molecule has 1 aliphatic rings. The molecular formula is C12H16ClN3O3. The minimum atomic E-state index is -0.331. The van der Waals surface area contributed by atoms with Gasteiger partial charge < -0.3 is 14.8 Å². The lowest BCUT2D eigenvalue weighted by atomic mass is 10.3. The molecule has 1 aromatic rings. The van der Waals surface area contributed by atoms with Gasteiger partial charge in [0.25, 0.3) is 0 Å². The Balaban J connectivity index is 1.95. The molecule has 1 saturated heterocycles. The van der Waals surface area contributed by atoms with Gasteiger partial charge >= 0.3 is 6.03 Å². The van der Waals surface area contributed by atoms with Crippen molar-refractivity contribution in [1.82, 2.24) is 10.4 Å². The lowest BCUT2D eigenvalue weighted by molar-refractivity contribution is 0.0207. The third-order valence-electron chi connectivity index (χ3n) is 2.68. The van der Waals surface area contributed by atoms with Crippen molar-refractivity contribution in [3.05, 3.63) is 23.2 Å². The first kappa shape index (κ1) is 13.9. The number of hydrogen-bond acceptors (Lipinski definition) is 4. The Morgan fingerprint density at radius 2 is 2.16 bits per heavy atom. The second-order valence-corrected chi connectivity index (χ2v) is 4.45. The van der Waals surface area contributed by atoms with Gasteiger partial charge in [0.15, 0.2) is 0 Å². The quantitative estimate of drug-likeness (QED) is 0.888. The van der Waals surface area contributed by atoms with Crippen molar-refractivity contribution >= 4 is 23.3 Å². The minimum Gasteiger partial charge on any atom is -0.495 e. The number of anilines is 1. The van der Waals surface area contributed by atoms with E-state index in [1.165, 1.54) is 7.11 Å². The van der Waals surface area contributed by atoms with Gasteiger partial charge in [0, 0.05) is 18.1 Å². The Bertz CT molecular complexity index is 450. The average Bonchev–Trinajstić information content (AvgIpc) is 2.40. The Labute approximate surface area is 116 Å². The van der Waals surface area contributed by atoms with Crippen molar-refractivity contribution < 1.29 is 14.3 Å². The molecule has 6 nitrogen and oxygen atoms in total. The van der Waals surface area contributed by atoms with E-state index in [2.05, 4.69) is 10.7 Å². The van der Waals surface area contributed by atoms with Gasteiger partial charge in [-0.05, 0) is 18.2 Å². The van der Waals surface area contributed by atoms with Crippen LogP contribution < -0.4 is 15.5 Å². The van der Waals surface area contributed by atoms with E-state index < -0.39 is 0 Å². The first-order chi connectivity index (χ1) is 9.19. The summed E-state index contributed by atoms with van der Waals surface area (Å²) in [4.78, 5) is 11.9. The number of urea groups is 1. The van der Waals surface area contributed by atoms with Crippen molar-refractivity contribution in [2.45, 2.75) is 0 Å². The van der Waals surface area contributed by atoms with Crippen LogP contribution in [0.4, 0.5) is 10.5 Å². The van der Waals surface area contributed by atoms with E-state index in [1.807, 2.05) is 0 Å². The summed E-state index contributed by atoms with van der Waals surface area (Å²) in [6, 6.07) is 4.71. The van der Waals surface area contributed by atoms with Gasteiger partial charge in [-0.15, -0.1) is 0 Å². The van der Waals surface area contributed by atoms with Crippen molar-refractivity contribution in [1.29, 1.82) is 0 Å². The molecule has 1 aliphatic heterocycles. The lowest BCUT2D eigenvalue weighted by Crippen LogP contribution is -2.49. The molecule has 0 unspecified atom stereocenters. The molecule has 2 amide bonds. The number of hydrazine groups is 1. The first-order valence-electron chi connectivity index (χ1n) is 5.93. The summed E-state index contributed by atoms with van der Waals surface area (Å²) in [6.07, 6.45) is 0. The standard InChI is InChI=1S/C12H16ClN3O3/c1-18-11-3-2-9(13)8-10(11)14-12(17)15-16-4-6-19-7-5-16/h2-3,8H,4-7H2,1H3,(H2,14,15,17). The van der Waals surface area contributed by atoms with Crippen molar-refractivity contribution in [2.24, 2.45) is 0 Å². The van der Waals surface area contributed by atoms with Crippen molar-refractivity contribution in [3.8, 4) is 5.75 Å². The van der Waals surface area contributed by atoms with Crippen LogP contribution in [-0.2, 0) is 4.74 Å². The van der Waals surface area contributed by atoms with E-state index in [0.29, 0.717) is 42.8 Å². The number of halogens is 1. The molecule has 0 bridgehead atoms. The fourth-order valence-electron chi connectivity index (χ4n) is 1.75. The van der Waals surface area contributed by atoms with Crippen LogP contribution in [0.5, 0.6) is 5.75 Å². The number of nitrogens with one attached hydrogen (secondary N) is 2. The van der Waals surface area contributed by atoms with E-state index >= 15 is 0 Å². The number of ether oxygens (including phenoxy) is 2. The number of benzene rings is 1. The number of carbonyl (C=O) groups is 1. The van der Waals surface area contributed by atoms with Gasteiger partial charge in [0.2, 0.25) is 0 Å². The third kappa shape index (κ3) is 3.99. The number of morpholine rings is 1. The summed E-state index contributed by atoms with van der Waals surface area (Å²) in [6.45, 7) is 2.56. The molecule has 2 N–H and O–H groups in total. The van der Waals surface area contributed by atoms with E-state index in [0.717, 1.165) is 0 Å². The smallest absolute Gasteiger partial charge is 0.333 e. The highest BCUT2D eigenvalue weighted by atomic mass is 35.5. The highest BCUT2D eigenvalue weighted by Crippen LogP contribution is 2.27. The highest BCUT2D eigenvalue weighted by molar-refractivity contribution is 6.31. The summed E-state index contributed by atoms with van der Waals surface area (Å²) in [5.74, 6) is 0.557. The molecule has 7 heteroatoms.